The lowest BCUT2D eigenvalue weighted by atomic mass is 9.96. The summed E-state index contributed by atoms with van der Waals surface area (Å²) in [6.07, 6.45) is 6.40. The van der Waals surface area contributed by atoms with Crippen molar-refractivity contribution >= 4 is 0 Å². The number of rotatable bonds is 0. The van der Waals surface area contributed by atoms with Gasteiger partial charge < -0.3 is 0 Å². The summed E-state index contributed by atoms with van der Waals surface area (Å²) in [4.78, 5) is 0. The van der Waals surface area contributed by atoms with Gasteiger partial charge in [-0.15, -0.1) is 5.73 Å². The Balaban J connectivity index is 2.45. The molecule has 0 bridgehead atoms. The summed E-state index contributed by atoms with van der Waals surface area (Å²) in [7, 11) is 0. The fourth-order valence-electron chi connectivity index (χ4n) is 1.12. The van der Waals surface area contributed by atoms with Crippen LogP contribution in [0.15, 0.2) is 11.3 Å². The lowest BCUT2D eigenvalue weighted by Crippen LogP contribution is -1.91. The van der Waals surface area contributed by atoms with Gasteiger partial charge in [0.05, 0.1) is 0 Å². The zero-order chi connectivity index (χ0) is 5.82. The molecule has 1 aliphatic rings. The van der Waals surface area contributed by atoms with Crippen molar-refractivity contribution < 1.29 is 0 Å². The highest BCUT2D eigenvalue weighted by Crippen LogP contribution is 2.20. The third-order valence-corrected chi connectivity index (χ3v) is 1.66. The van der Waals surface area contributed by atoms with Gasteiger partial charge in [-0.1, -0.05) is 6.42 Å². The van der Waals surface area contributed by atoms with Crippen molar-refractivity contribution in [3.63, 3.8) is 0 Å². The molecule has 1 radical (unpaired) electrons. The maximum Gasteiger partial charge on any atom is -0.0123 e. The van der Waals surface area contributed by atoms with Crippen LogP contribution in [0.1, 0.15) is 32.1 Å². The van der Waals surface area contributed by atoms with E-state index in [0.717, 1.165) is 0 Å². The Morgan fingerprint density at radius 1 is 1.12 bits per heavy atom. The van der Waals surface area contributed by atoms with E-state index in [0.29, 0.717) is 0 Å². The lowest BCUT2D eigenvalue weighted by molar-refractivity contribution is 0.600. The van der Waals surface area contributed by atoms with Gasteiger partial charge in [-0.3, -0.25) is 0 Å². The maximum atomic E-state index is 5.22. The second kappa shape index (κ2) is 2.74. The Morgan fingerprint density at radius 3 is 2.12 bits per heavy atom. The maximum absolute atomic E-state index is 5.22. The summed E-state index contributed by atoms with van der Waals surface area (Å²) >= 11 is 0. The minimum atomic E-state index is 1.19. The predicted molar refractivity (Wildman–Crippen MR) is 34.4 cm³/mol. The van der Waals surface area contributed by atoms with Gasteiger partial charge in [-0.2, -0.15) is 0 Å². The third-order valence-electron chi connectivity index (χ3n) is 1.66. The van der Waals surface area contributed by atoms with Crippen molar-refractivity contribution in [2.75, 3.05) is 0 Å². The summed E-state index contributed by atoms with van der Waals surface area (Å²) in [5.41, 5.74) is 4.05. The highest BCUT2D eigenvalue weighted by molar-refractivity contribution is 4.99. The van der Waals surface area contributed by atoms with Crippen molar-refractivity contribution in [3.05, 3.63) is 17.9 Å². The first-order valence-corrected chi connectivity index (χ1v) is 3.25. The molecule has 0 heteroatoms. The van der Waals surface area contributed by atoms with Crippen molar-refractivity contribution in [2.45, 2.75) is 32.1 Å². The Labute approximate surface area is 50.9 Å². The quantitative estimate of drug-likeness (QED) is 0.417. The fourth-order valence-corrected chi connectivity index (χ4v) is 1.12. The average molecular weight is 107 g/mol. The van der Waals surface area contributed by atoms with Crippen LogP contribution in [-0.4, -0.2) is 0 Å². The largest absolute Gasteiger partial charge is 0.121 e. The van der Waals surface area contributed by atoms with Gasteiger partial charge in [0.1, 0.15) is 0 Å². The molecule has 0 nitrogen and oxygen atoms in total. The molecule has 0 spiro atoms. The van der Waals surface area contributed by atoms with Crippen molar-refractivity contribution in [2.24, 2.45) is 0 Å². The molecule has 0 atom stereocenters. The molecular formula is C8H11. The van der Waals surface area contributed by atoms with E-state index in [1.54, 1.807) is 0 Å². The van der Waals surface area contributed by atoms with E-state index in [9.17, 15) is 0 Å². The molecule has 0 unspecified atom stereocenters. The van der Waals surface area contributed by atoms with Crippen LogP contribution in [0.2, 0.25) is 0 Å². The first-order valence-electron chi connectivity index (χ1n) is 3.25. The molecule has 1 rings (SSSR count). The predicted octanol–water partition coefficient (Wildman–Crippen LogP) is 2.46. The first-order chi connectivity index (χ1) is 3.93. The average Bonchev–Trinajstić information content (AvgIpc) is 1.90. The van der Waals surface area contributed by atoms with Crippen LogP contribution in [0.5, 0.6) is 0 Å². The Kier molecular flexibility index (Phi) is 1.93. The van der Waals surface area contributed by atoms with Gasteiger partial charge in [0.15, 0.2) is 0 Å². The molecular weight excluding hydrogens is 96.1 g/mol. The topological polar surface area (TPSA) is 0 Å². The Hall–Kier alpha value is -0.480. The van der Waals surface area contributed by atoms with Crippen molar-refractivity contribution in [1.82, 2.24) is 0 Å². The zero-order valence-electron chi connectivity index (χ0n) is 5.11. The molecule has 0 N–H and O–H groups in total. The summed E-state index contributed by atoms with van der Waals surface area (Å²) in [5.74, 6) is 0. The first kappa shape index (κ1) is 5.65. The summed E-state index contributed by atoms with van der Waals surface area (Å²) in [6.45, 7) is 5.22. The molecule has 0 aromatic heterocycles. The van der Waals surface area contributed by atoms with Crippen molar-refractivity contribution in [3.8, 4) is 0 Å². The monoisotopic (exact) mass is 107 g/mol. The van der Waals surface area contributed by atoms with Gasteiger partial charge in [-0.05, 0) is 37.8 Å². The molecule has 43 valence electrons. The minimum Gasteiger partial charge on any atom is -0.121 e. The zero-order valence-corrected chi connectivity index (χ0v) is 5.11. The second-order valence-electron chi connectivity index (χ2n) is 2.31. The Morgan fingerprint density at radius 2 is 1.75 bits per heavy atom. The normalized spacial score (nSPS) is 20.2. The molecule has 0 aromatic carbocycles. The van der Waals surface area contributed by atoms with E-state index in [1.807, 2.05) is 0 Å². The minimum absolute atomic E-state index is 1.19. The smallest absolute Gasteiger partial charge is 0.0123 e. The van der Waals surface area contributed by atoms with Crippen molar-refractivity contribution in [1.29, 1.82) is 0 Å². The molecule has 0 aliphatic heterocycles. The standard InChI is InChI=1S/C8H11/c1-2-8-6-4-3-5-7-8/h1H,3-7H2. The molecule has 8 heavy (non-hydrogen) atoms. The van der Waals surface area contributed by atoms with Gasteiger partial charge in [0, 0.05) is 0 Å². The second-order valence-corrected chi connectivity index (χ2v) is 2.31. The summed E-state index contributed by atoms with van der Waals surface area (Å²) in [6, 6.07) is 0. The highest BCUT2D eigenvalue weighted by atomic mass is 14.1. The van der Waals surface area contributed by atoms with Gasteiger partial charge in [-0.25, -0.2) is 0 Å². The highest BCUT2D eigenvalue weighted by Gasteiger charge is 2.02. The van der Waals surface area contributed by atoms with E-state index in [-0.39, 0.29) is 0 Å². The molecule has 1 aliphatic carbocycles. The van der Waals surface area contributed by atoms with E-state index in [2.05, 4.69) is 5.73 Å². The Bertz CT molecular complexity index is 108. The molecule has 0 saturated heterocycles. The van der Waals surface area contributed by atoms with Gasteiger partial charge in [0.2, 0.25) is 0 Å². The van der Waals surface area contributed by atoms with Gasteiger partial charge in [0.25, 0.3) is 0 Å². The SMILES string of the molecule is [CH]=C=C1CCCCC1. The number of hydrogen-bond acceptors (Lipinski definition) is 0. The van der Waals surface area contributed by atoms with E-state index >= 15 is 0 Å². The molecule has 1 saturated carbocycles. The van der Waals surface area contributed by atoms with Crippen LogP contribution in [0, 0.1) is 6.58 Å². The third kappa shape index (κ3) is 1.24. The van der Waals surface area contributed by atoms with Crippen LogP contribution in [-0.2, 0) is 0 Å². The van der Waals surface area contributed by atoms with Crippen LogP contribution in [0.3, 0.4) is 0 Å². The summed E-state index contributed by atoms with van der Waals surface area (Å²) < 4.78 is 0. The fraction of sp³-hybridized carbons (Fsp3) is 0.625. The molecule has 0 aromatic rings. The lowest BCUT2D eigenvalue weighted by Gasteiger charge is -2.09. The van der Waals surface area contributed by atoms with E-state index < -0.39 is 0 Å². The molecule has 0 heterocycles. The van der Waals surface area contributed by atoms with Crippen LogP contribution in [0.4, 0.5) is 0 Å². The summed E-state index contributed by atoms with van der Waals surface area (Å²) in [5, 5.41) is 0. The van der Waals surface area contributed by atoms with Crippen LogP contribution < -0.4 is 0 Å². The van der Waals surface area contributed by atoms with E-state index in [1.165, 1.54) is 37.7 Å². The number of hydrogen-bond donors (Lipinski definition) is 0. The molecule has 0 amide bonds. The van der Waals surface area contributed by atoms with Gasteiger partial charge >= 0.3 is 0 Å². The van der Waals surface area contributed by atoms with Crippen LogP contribution >= 0.6 is 0 Å². The van der Waals surface area contributed by atoms with Crippen LogP contribution in [0.25, 0.3) is 0 Å². The van der Waals surface area contributed by atoms with E-state index in [4.69, 9.17) is 6.58 Å². The molecule has 1 fully saturated rings. The number of allylic oxidation sites excluding steroid dienone is 1.